The first-order valence-corrected chi connectivity index (χ1v) is 7.62. The molecule has 0 atom stereocenters. The van der Waals surface area contributed by atoms with Gasteiger partial charge >= 0.3 is 0 Å². The molecule has 6 heteroatoms. The van der Waals surface area contributed by atoms with Crippen molar-refractivity contribution in [3.63, 3.8) is 0 Å². The number of aromatic nitrogens is 2. The van der Waals surface area contributed by atoms with Gasteiger partial charge in [0, 0.05) is 37.2 Å². The molecule has 0 aliphatic carbocycles. The summed E-state index contributed by atoms with van der Waals surface area (Å²) in [6, 6.07) is 6.78. The number of pyridine rings is 2. The fraction of sp³-hybridized carbons (Fsp3) is 0.294. The Morgan fingerprint density at radius 2 is 2.00 bits per heavy atom. The Balaban J connectivity index is 1.95. The van der Waals surface area contributed by atoms with E-state index in [0.717, 1.165) is 18.4 Å². The lowest BCUT2D eigenvalue weighted by Crippen LogP contribution is -2.27. The molecule has 2 aromatic heterocycles. The molecule has 2 amide bonds. The van der Waals surface area contributed by atoms with Crippen molar-refractivity contribution in [2.75, 3.05) is 6.54 Å². The van der Waals surface area contributed by atoms with Crippen molar-refractivity contribution in [2.45, 2.75) is 26.3 Å². The van der Waals surface area contributed by atoms with E-state index in [0.29, 0.717) is 18.7 Å². The van der Waals surface area contributed by atoms with Crippen LogP contribution in [-0.2, 0) is 6.54 Å². The number of nitrogens with zero attached hydrogens (tertiary/aromatic N) is 2. The van der Waals surface area contributed by atoms with Gasteiger partial charge in [-0.2, -0.15) is 0 Å². The summed E-state index contributed by atoms with van der Waals surface area (Å²) in [6.07, 6.45) is 6.76. The van der Waals surface area contributed by atoms with Gasteiger partial charge in [0.15, 0.2) is 0 Å². The summed E-state index contributed by atoms with van der Waals surface area (Å²) in [5.74, 6) is -0.515. The van der Waals surface area contributed by atoms with Gasteiger partial charge in [0.1, 0.15) is 5.69 Å². The minimum atomic E-state index is -0.264. The predicted molar refractivity (Wildman–Crippen MR) is 86.9 cm³/mol. The lowest BCUT2D eigenvalue weighted by Gasteiger charge is -2.07. The van der Waals surface area contributed by atoms with Crippen LogP contribution in [0.1, 0.15) is 46.2 Å². The molecule has 0 spiro atoms. The van der Waals surface area contributed by atoms with Gasteiger partial charge in [-0.15, -0.1) is 0 Å². The lowest BCUT2D eigenvalue weighted by atomic mass is 10.2. The maximum Gasteiger partial charge on any atom is 0.269 e. The quantitative estimate of drug-likeness (QED) is 0.765. The van der Waals surface area contributed by atoms with E-state index < -0.39 is 0 Å². The van der Waals surface area contributed by atoms with Gasteiger partial charge in [0.05, 0.1) is 0 Å². The van der Waals surface area contributed by atoms with Crippen LogP contribution in [0.3, 0.4) is 0 Å². The minimum Gasteiger partial charge on any atom is -0.351 e. The molecule has 2 aromatic rings. The molecule has 23 heavy (non-hydrogen) atoms. The number of carbonyl (C=O) groups excluding carboxylic acids is 2. The summed E-state index contributed by atoms with van der Waals surface area (Å²) in [6.45, 7) is 3.04. The topological polar surface area (TPSA) is 84.0 Å². The maximum atomic E-state index is 12.2. The molecule has 2 heterocycles. The molecule has 120 valence electrons. The smallest absolute Gasteiger partial charge is 0.269 e. The van der Waals surface area contributed by atoms with E-state index >= 15 is 0 Å². The van der Waals surface area contributed by atoms with Crippen LogP contribution in [0.4, 0.5) is 0 Å². The van der Waals surface area contributed by atoms with Crippen LogP contribution in [0.5, 0.6) is 0 Å². The molecule has 0 fully saturated rings. The first-order chi connectivity index (χ1) is 11.2. The highest BCUT2D eigenvalue weighted by Gasteiger charge is 2.11. The molecular weight excluding hydrogens is 292 g/mol. The molecule has 2 rings (SSSR count). The van der Waals surface area contributed by atoms with E-state index in [4.69, 9.17) is 0 Å². The van der Waals surface area contributed by atoms with Gasteiger partial charge in [0.2, 0.25) is 0 Å². The van der Waals surface area contributed by atoms with Crippen molar-refractivity contribution in [3.05, 3.63) is 59.7 Å². The Hall–Kier alpha value is -2.76. The van der Waals surface area contributed by atoms with E-state index in [1.807, 2.05) is 12.1 Å². The minimum absolute atomic E-state index is 0.245. The SMILES string of the molecule is CCCCNC(=O)c1cc(C(=O)NCc2cccnc2)ccn1. The van der Waals surface area contributed by atoms with Crippen molar-refractivity contribution in [1.82, 2.24) is 20.6 Å². The first kappa shape index (κ1) is 16.6. The second-order valence-corrected chi connectivity index (χ2v) is 5.08. The van der Waals surface area contributed by atoms with Crippen LogP contribution in [-0.4, -0.2) is 28.3 Å². The molecule has 0 aliphatic heterocycles. The van der Waals surface area contributed by atoms with E-state index in [1.165, 1.54) is 12.3 Å². The van der Waals surface area contributed by atoms with Gasteiger partial charge in [-0.1, -0.05) is 19.4 Å². The number of hydrogen-bond acceptors (Lipinski definition) is 4. The predicted octanol–water partition coefficient (Wildman–Crippen LogP) is 1.94. The Kier molecular flexibility index (Phi) is 6.23. The van der Waals surface area contributed by atoms with E-state index in [2.05, 4.69) is 27.5 Å². The average molecular weight is 312 g/mol. The summed E-state index contributed by atoms with van der Waals surface area (Å²) < 4.78 is 0. The Morgan fingerprint density at radius 1 is 1.13 bits per heavy atom. The van der Waals surface area contributed by atoms with Crippen LogP contribution in [0.25, 0.3) is 0 Å². The summed E-state index contributed by atoms with van der Waals surface area (Å²) >= 11 is 0. The first-order valence-electron chi connectivity index (χ1n) is 7.62. The van der Waals surface area contributed by atoms with E-state index in [1.54, 1.807) is 18.5 Å². The van der Waals surface area contributed by atoms with E-state index in [-0.39, 0.29) is 17.5 Å². The zero-order valence-corrected chi connectivity index (χ0v) is 13.1. The van der Waals surface area contributed by atoms with Crippen LogP contribution in [0, 0.1) is 0 Å². The Morgan fingerprint density at radius 3 is 2.74 bits per heavy atom. The molecule has 0 unspecified atom stereocenters. The maximum absolute atomic E-state index is 12.2. The lowest BCUT2D eigenvalue weighted by molar-refractivity contribution is 0.0948. The number of nitrogens with one attached hydrogen (secondary N) is 2. The molecule has 6 nitrogen and oxygen atoms in total. The Labute approximate surface area is 135 Å². The zero-order chi connectivity index (χ0) is 16.5. The highest BCUT2D eigenvalue weighted by molar-refractivity contribution is 5.98. The fourth-order valence-corrected chi connectivity index (χ4v) is 1.95. The Bertz CT molecular complexity index is 659. The molecule has 0 saturated heterocycles. The van der Waals surface area contributed by atoms with Crippen LogP contribution >= 0.6 is 0 Å². The standard InChI is InChI=1S/C17H20N4O2/c1-2-3-8-20-17(23)15-10-14(6-9-19-15)16(22)21-12-13-5-4-7-18-11-13/h4-7,9-11H,2-3,8,12H2,1H3,(H,20,23)(H,21,22). The molecular formula is C17H20N4O2. The molecule has 2 N–H and O–H groups in total. The third-order valence-corrected chi connectivity index (χ3v) is 3.25. The number of unbranched alkanes of at least 4 members (excludes halogenated alkanes) is 1. The number of hydrogen-bond donors (Lipinski definition) is 2. The molecule has 0 aliphatic rings. The van der Waals surface area contributed by atoms with Crippen molar-refractivity contribution in [2.24, 2.45) is 0 Å². The highest BCUT2D eigenvalue weighted by atomic mass is 16.2. The summed E-state index contributed by atoms with van der Waals surface area (Å²) in [5.41, 5.74) is 1.56. The third kappa shape index (κ3) is 5.18. The molecule has 0 aromatic carbocycles. The van der Waals surface area contributed by atoms with Crippen molar-refractivity contribution < 1.29 is 9.59 Å². The number of rotatable bonds is 7. The van der Waals surface area contributed by atoms with Gasteiger partial charge in [-0.3, -0.25) is 19.6 Å². The molecule has 0 radical (unpaired) electrons. The van der Waals surface area contributed by atoms with Crippen molar-refractivity contribution in [1.29, 1.82) is 0 Å². The van der Waals surface area contributed by atoms with Crippen LogP contribution in [0.15, 0.2) is 42.9 Å². The van der Waals surface area contributed by atoms with E-state index in [9.17, 15) is 9.59 Å². The zero-order valence-electron chi connectivity index (χ0n) is 13.1. The third-order valence-electron chi connectivity index (χ3n) is 3.25. The highest BCUT2D eigenvalue weighted by Crippen LogP contribution is 2.03. The summed E-state index contributed by atoms with van der Waals surface area (Å²) in [5, 5.41) is 5.58. The monoisotopic (exact) mass is 312 g/mol. The van der Waals surface area contributed by atoms with Crippen LogP contribution < -0.4 is 10.6 Å². The van der Waals surface area contributed by atoms with Crippen LogP contribution in [0.2, 0.25) is 0 Å². The van der Waals surface area contributed by atoms with Crippen molar-refractivity contribution >= 4 is 11.8 Å². The van der Waals surface area contributed by atoms with Gasteiger partial charge in [-0.25, -0.2) is 0 Å². The van der Waals surface area contributed by atoms with Crippen molar-refractivity contribution in [3.8, 4) is 0 Å². The second-order valence-electron chi connectivity index (χ2n) is 5.08. The van der Waals surface area contributed by atoms with Gasteiger partial charge in [-0.05, 0) is 30.2 Å². The fourth-order valence-electron chi connectivity index (χ4n) is 1.95. The number of carbonyl (C=O) groups is 2. The summed E-state index contributed by atoms with van der Waals surface area (Å²) in [4.78, 5) is 32.1. The van der Waals surface area contributed by atoms with Gasteiger partial charge in [0.25, 0.3) is 11.8 Å². The van der Waals surface area contributed by atoms with Gasteiger partial charge < -0.3 is 10.6 Å². The molecule has 0 saturated carbocycles. The largest absolute Gasteiger partial charge is 0.351 e. The normalized spacial score (nSPS) is 10.1. The number of amides is 2. The second kappa shape index (κ2) is 8.63. The molecule has 0 bridgehead atoms. The summed E-state index contributed by atoms with van der Waals surface area (Å²) in [7, 11) is 0. The average Bonchev–Trinajstić information content (AvgIpc) is 2.61.